The van der Waals surface area contributed by atoms with Crippen LogP contribution in [0.15, 0.2) is 22.3 Å². The highest BCUT2D eigenvalue weighted by molar-refractivity contribution is 5.93. The number of benzene rings is 1. The summed E-state index contributed by atoms with van der Waals surface area (Å²) in [6, 6.07) is 3.41. The number of phenolic OH excluding ortho intramolecular Hbond substituents is 1. The van der Waals surface area contributed by atoms with E-state index in [1.54, 1.807) is 12.1 Å². The molecule has 0 aromatic heterocycles. The molecule has 0 aliphatic rings. The van der Waals surface area contributed by atoms with Gasteiger partial charge in [-0.1, -0.05) is 0 Å². The van der Waals surface area contributed by atoms with Gasteiger partial charge in [-0.15, -0.1) is 0 Å². The highest BCUT2D eigenvalue weighted by atomic mass is 16.3. The molecule has 1 aromatic rings. The number of nitrogens with one attached hydrogen (secondary N) is 4. The molecule has 0 aliphatic carbocycles. The maximum Gasteiger partial charge on any atom is 0.206 e. The number of hydrazone groups is 2. The minimum absolute atomic E-state index is 0.0428. The first-order valence-electron chi connectivity index (χ1n) is 5.50. The first-order valence-corrected chi connectivity index (χ1v) is 5.50. The normalized spacial score (nSPS) is 10.8. The summed E-state index contributed by atoms with van der Waals surface area (Å²) < 4.78 is 0. The molecule has 9 nitrogen and oxygen atoms in total. The third-order valence-electron chi connectivity index (χ3n) is 2.09. The molecule has 0 amide bonds. The van der Waals surface area contributed by atoms with Crippen LogP contribution < -0.4 is 22.3 Å². The molecule has 106 valence electrons. The Balaban J connectivity index is 3.00. The summed E-state index contributed by atoms with van der Waals surface area (Å²) in [7, 11) is 0. The Morgan fingerprint density at radius 1 is 1.10 bits per heavy atom. The molecule has 0 aliphatic heterocycles. The Morgan fingerprint density at radius 3 is 1.85 bits per heavy atom. The largest absolute Gasteiger partial charge is 0.507 e. The quantitative estimate of drug-likeness (QED) is 0.219. The van der Waals surface area contributed by atoms with E-state index in [-0.39, 0.29) is 17.7 Å². The third-order valence-corrected chi connectivity index (χ3v) is 2.09. The molecule has 0 atom stereocenters. The van der Waals surface area contributed by atoms with Crippen molar-refractivity contribution in [3.63, 3.8) is 0 Å². The number of phenols is 1. The van der Waals surface area contributed by atoms with Crippen molar-refractivity contribution in [1.29, 1.82) is 10.8 Å². The Morgan fingerprint density at radius 2 is 1.50 bits per heavy atom. The van der Waals surface area contributed by atoms with E-state index in [0.717, 1.165) is 5.56 Å². The third kappa shape index (κ3) is 4.64. The van der Waals surface area contributed by atoms with Crippen LogP contribution in [0.2, 0.25) is 0 Å². The molecule has 1 aromatic carbocycles. The Kier molecular flexibility index (Phi) is 5.03. The topological polar surface area (TPSA) is 169 Å². The summed E-state index contributed by atoms with van der Waals surface area (Å²) in [5, 5.41) is 31.3. The van der Waals surface area contributed by atoms with E-state index < -0.39 is 0 Å². The van der Waals surface area contributed by atoms with E-state index in [1.165, 1.54) is 12.4 Å². The minimum Gasteiger partial charge on any atom is -0.507 e. The van der Waals surface area contributed by atoms with Crippen LogP contribution in [0.25, 0.3) is 0 Å². The van der Waals surface area contributed by atoms with E-state index in [2.05, 4.69) is 21.1 Å². The molecule has 0 radical (unpaired) electrons. The van der Waals surface area contributed by atoms with Crippen LogP contribution >= 0.6 is 0 Å². The van der Waals surface area contributed by atoms with Crippen molar-refractivity contribution in [2.45, 2.75) is 6.92 Å². The lowest BCUT2D eigenvalue weighted by Crippen LogP contribution is -2.25. The number of guanidine groups is 2. The molecule has 0 saturated heterocycles. The Hall–Kier alpha value is -3.10. The van der Waals surface area contributed by atoms with Gasteiger partial charge in [0.15, 0.2) is 0 Å². The molecular formula is C11H16N8O. The average Bonchev–Trinajstić information content (AvgIpc) is 2.33. The summed E-state index contributed by atoms with van der Waals surface area (Å²) in [6.07, 6.45) is 2.67. The smallest absolute Gasteiger partial charge is 0.206 e. The van der Waals surface area contributed by atoms with Crippen molar-refractivity contribution in [3.8, 4) is 5.75 Å². The molecule has 0 unspecified atom stereocenters. The second kappa shape index (κ2) is 6.73. The van der Waals surface area contributed by atoms with Crippen molar-refractivity contribution < 1.29 is 5.11 Å². The molecule has 20 heavy (non-hydrogen) atoms. The van der Waals surface area contributed by atoms with Crippen LogP contribution in [0.1, 0.15) is 16.7 Å². The molecule has 0 spiro atoms. The van der Waals surface area contributed by atoms with Gasteiger partial charge >= 0.3 is 0 Å². The summed E-state index contributed by atoms with van der Waals surface area (Å²) in [4.78, 5) is 0. The number of aromatic hydroxyl groups is 1. The number of nitrogens with two attached hydrogens (primary N) is 2. The van der Waals surface area contributed by atoms with E-state index in [1.807, 2.05) is 6.92 Å². The van der Waals surface area contributed by atoms with Gasteiger partial charge in [0.25, 0.3) is 0 Å². The maximum atomic E-state index is 10.0. The Bertz CT molecular complexity index is 531. The summed E-state index contributed by atoms with van der Waals surface area (Å²) in [6.45, 7) is 1.84. The fraction of sp³-hybridized carbons (Fsp3) is 0.0909. The van der Waals surface area contributed by atoms with Crippen LogP contribution in [-0.2, 0) is 0 Å². The van der Waals surface area contributed by atoms with E-state index in [0.29, 0.717) is 11.1 Å². The van der Waals surface area contributed by atoms with E-state index in [9.17, 15) is 5.11 Å². The summed E-state index contributed by atoms with van der Waals surface area (Å²) >= 11 is 0. The van der Waals surface area contributed by atoms with Gasteiger partial charge in [-0.05, 0) is 24.6 Å². The SMILES string of the molecule is Cc1cc(C=NNC(=N)N)c(O)c(C=NNC(=N)N)c1. The first-order chi connectivity index (χ1) is 9.40. The maximum absolute atomic E-state index is 10.0. The lowest BCUT2D eigenvalue weighted by Gasteiger charge is -2.05. The van der Waals surface area contributed by atoms with Crippen LogP contribution in [0, 0.1) is 17.7 Å². The van der Waals surface area contributed by atoms with Crippen molar-refractivity contribution in [2.24, 2.45) is 21.7 Å². The van der Waals surface area contributed by atoms with Crippen LogP contribution in [-0.4, -0.2) is 29.5 Å². The molecule has 0 heterocycles. The monoisotopic (exact) mass is 276 g/mol. The van der Waals surface area contributed by atoms with Crippen LogP contribution in [0.4, 0.5) is 0 Å². The zero-order valence-corrected chi connectivity index (χ0v) is 10.8. The van der Waals surface area contributed by atoms with Gasteiger partial charge in [0.2, 0.25) is 11.9 Å². The lowest BCUT2D eigenvalue weighted by molar-refractivity contribution is 0.473. The molecule has 9 heteroatoms. The number of rotatable bonds is 4. The number of nitrogens with zero attached hydrogens (tertiary/aromatic N) is 2. The van der Waals surface area contributed by atoms with Gasteiger partial charge in [0.1, 0.15) is 5.75 Å². The molecule has 9 N–H and O–H groups in total. The standard InChI is InChI=1S/C11H16N8O/c1-6-2-7(4-16-18-10(12)13)9(20)8(3-6)5-17-19-11(14)15/h2-5,20H,1H3,(H4,12,13,18)(H4,14,15,19). The van der Waals surface area contributed by atoms with Crippen LogP contribution in [0.5, 0.6) is 5.75 Å². The van der Waals surface area contributed by atoms with Gasteiger partial charge < -0.3 is 16.6 Å². The fourth-order valence-electron chi connectivity index (χ4n) is 1.38. The van der Waals surface area contributed by atoms with E-state index >= 15 is 0 Å². The van der Waals surface area contributed by atoms with Crippen molar-refractivity contribution >= 4 is 24.3 Å². The highest BCUT2D eigenvalue weighted by Gasteiger charge is 2.05. The molecular weight excluding hydrogens is 260 g/mol. The van der Waals surface area contributed by atoms with Crippen molar-refractivity contribution in [1.82, 2.24) is 10.9 Å². The first kappa shape index (κ1) is 15.0. The number of hydrogen-bond acceptors (Lipinski definition) is 5. The average molecular weight is 276 g/mol. The lowest BCUT2D eigenvalue weighted by atomic mass is 10.1. The van der Waals surface area contributed by atoms with Gasteiger partial charge in [-0.3, -0.25) is 10.8 Å². The van der Waals surface area contributed by atoms with Crippen molar-refractivity contribution in [2.75, 3.05) is 0 Å². The zero-order valence-electron chi connectivity index (χ0n) is 10.8. The van der Waals surface area contributed by atoms with Gasteiger partial charge in [-0.25, -0.2) is 10.9 Å². The fourth-order valence-corrected chi connectivity index (χ4v) is 1.38. The van der Waals surface area contributed by atoms with E-state index in [4.69, 9.17) is 22.3 Å². The second-order valence-corrected chi connectivity index (χ2v) is 3.86. The summed E-state index contributed by atoms with van der Waals surface area (Å²) in [5.74, 6) is -0.652. The highest BCUT2D eigenvalue weighted by Crippen LogP contribution is 2.21. The van der Waals surface area contributed by atoms with Gasteiger partial charge in [0.05, 0.1) is 12.4 Å². The summed E-state index contributed by atoms with van der Waals surface area (Å²) in [5.41, 5.74) is 16.4. The van der Waals surface area contributed by atoms with Crippen molar-refractivity contribution in [3.05, 3.63) is 28.8 Å². The Labute approximate surface area is 115 Å². The molecule has 0 bridgehead atoms. The predicted molar refractivity (Wildman–Crippen MR) is 78.1 cm³/mol. The van der Waals surface area contributed by atoms with Gasteiger partial charge in [-0.2, -0.15) is 10.2 Å². The second-order valence-electron chi connectivity index (χ2n) is 3.86. The van der Waals surface area contributed by atoms with Gasteiger partial charge in [0, 0.05) is 11.1 Å². The predicted octanol–water partition coefficient (Wildman–Crippen LogP) is -0.665. The molecule has 1 rings (SSSR count). The zero-order chi connectivity index (χ0) is 15.1. The number of aryl methyl sites for hydroxylation is 1. The minimum atomic E-state index is -0.305. The molecule has 0 fully saturated rings. The number of hydrogen-bond donors (Lipinski definition) is 7. The molecule has 0 saturated carbocycles. The van der Waals surface area contributed by atoms with Crippen LogP contribution in [0.3, 0.4) is 0 Å².